The van der Waals surface area contributed by atoms with E-state index >= 15 is 0 Å². The molecule has 1 aliphatic rings. The lowest BCUT2D eigenvalue weighted by molar-refractivity contribution is -0.142. The van der Waals surface area contributed by atoms with Crippen molar-refractivity contribution in [1.29, 1.82) is 0 Å². The second-order valence-corrected chi connectivity index (χ2v) is 8.77. The molecular weight excluding hydrogens is 458 g/mol. The van der Waals surface area contributed by atoms with Crippen molar-refractivity contribution in [2.45, 2.75) is 82.5 Å². The Bertz CT molecular complexity index is 735. The number of likely N-dealkylation sites (tertiary alicyclic amines) is 1. The van der Waals surface area contributed by atoms with Crippen LogP contribution in [0.2, 0.25) is 0 Å². The van der Waals surface area contributed by atoms with Crippen LogP contribution in [0.15, 0.2) is 0 Å². The zero-order valence-electron chi connectivity index (χ0n) is 20.5. The van der Waals surface area contributed by atoms with E-state index in [0.29, 0.717) is 64.6 Å². The summed E-state index contributed by atoms with van der Waals surface area (Å²) in [6.07, 6.45) is 4.54. The number of nitrogens with zero attached hydrogens (tertiary/aromatic N) is 1. The number of amides is 4. The third-order valence-corrected chi connectivity index (χ3v) is 5.88. The van der Waals surface area contributed by atoms with Gasteiger partial charge in [0, 0.05) is 6.54 Å². The summed E-state index contributed by atoms with van der Waals surface area (Å²) < 4.78 is 0. The smallest absolute Gasteiger partial charge is 0.325 e. The molecule has 0 aromatic heterocycles. The van der Waals surface area contributed by atoms with Crippen LogP contribution in [0.1, 0.15) is 58.3 Å². The van der Waals surface area contributed by atoms with Crippen LogP contribution in [0.5, 0.6) is 0 Å². The van der Waals surface area contributed by atoms with Gasteiger partial charge in [0.2, 0.25) is 23.6 Å². The zero-order valence-corrected chi connectivity index (χ0v) is 20.5. The molecular formula is C22H41N7O6. The Morgan fingerprint density at radius 2 is 1.63 bits per heavy atom. The van der Waals surface area contributed by atoms with Crippen LogP contribution in [0.25, 0.3) is 0 Å². The molecule has 200 valence electrons. The first-order valence-electron chi connectivity index (χ1n) is 12.2. The SMILES string of the molecule is C[C@H](NC(=O)CNC(=O)[C@@H]1CCCN1C(=O)[C@H](CCCCN)NC(=O)[C@@H](N)CCCCN)C(=O)O. The fraction of sp³-hybridized carbons (Fsp3) is 0.773. The van der Waals surface area contributed by atoms with Gasteiger partial charge in [-0.2, -0.15) is 0 Å². The first-order valence-corrected chi connectivity index (χ1v) is 12.2. The molecule has 0 saturated carbocycles. The molecule has 1 rings (SSSR count). The molecule has 0 radical (unpaired) electrons. The Labute approximate surface area is 205 Å². The van der Waals surface area contributed by atoms with Crippen LogP contribution in [0.4, 0.5) is 0 Å². The number of nitrogens with one attached hydrogen (secondary N) is 3. The Balaban J connectivity index is 2.77. The molecule has 1 fully saturated rings. The highest BCUT2D eigenvalue weighted by molar-refractivity contribution is 5.94. The Kier molecular flexibility index (Phi) is 13.8. The van der Waals surface area contributed by atoms with Crippen LogP contribution < -0.4 is 33.2 Å². The van der Waals surface area contributed by atoms with E-state index in [1.807, 2.05) is 0 Å². The molecule has 0 spiro atoms. The average Bonchev–Trinajstić information content (AvgIpc) is 3.31. The summed E-state index contributed by atoms with van der Waals surface area (Å²) in [6, 6.07) is -3.50. The van der Waals surface area contributed by atoms with Gasteiger partial charge in [-0.05, 0) is 65.0 Å². The molecule has 13 heteroatoms. The van der Waals surface area contributed by atoms with E-state index in [0.717, 1.165) is 6.42 Å². The molecule has 4 atom stereocenters. The minimum absolute atomic E-state index is 0.338. The van der Waals surface area contributed by atoms with Gasteiger partial charge >= 0.3 is 5.97 Å². The fourth-order valence-electron chi connectivity index (χ4n) is 3.81. The Morgan fingerprint density at radius 3 is 2.23 bits per heavy atom. The molecule has 35 heavy (non-hydrogen) atoms. The van der Waals surface area contributed by atoms with E-state index in [9.17, 15) is 24.0 Å². The molecule has 1 saturated heterocycles. The summed E-state index contributed by atoms with van der Waals surface area (Å²) in [5.74, 6) is -3.18. The zero-order chi connectivity index (χ0) is 26.4. The summed E-state index contributed by atoms with van der Waals surface area (Å²) in [5.41, 5.74) is 17.0. The third-order valence-electron chi connectivity index (χ3n) is 5.88. The van der Waals surface area contributed by atoms with Gasteiger partial charge < -0.3 is 43.2 Å². The van der Waals surface area contributed by atoms with Crippen LogP contribution in [0, 0.1) is 0 Å². The van der Waals surface area contributed by atoms with Gasteiger partial charge in [-0.25, -0.2) is 0 Å². The molecule has 0 bridgehead atoms. The highest BCUT2D eigenvalue weighted by Gasteiger charge is 2.37. The lowest BCUT2D eigenvalue weighted by Crippen LogP contribution is -2.56. The van der Waals surface area contributed by atoms with E-state index < -0.39 is 54.4 Å². The number of carboxylic acid groups (broad SMARTS) is 1. The van der Waals surface area contributed by atoms with Crippen molar-refractivity contribution >= 4 is 29.6 Å². The van der Waals surface area contributed by atoms with Crippen molar-refractivity contribution in [2.24, 2.45) is 17.2 Å². The topological polar surface area (TPSA) is 223 Å². The van der Waals surface area contributed by atoms with Crippen molar-refractivity contribution in [2.75, 3.05) is 26.2 Å². The predicted octanol–water partition coefficient (Wildman–Crippen LogP) is -2.25. The fourth-order valence-corrected chi connectivity index (χ4v) is 3.81. The standard InChI is InChI=1S/C22H41N7O6/c1-14(22(34)35)27-18(30)13-26-20(32)17-9-6-12-29(17)21(33)16(8-3-5-11-24)28-19(31)15(25)7-2-4-10-23/h14-17H,2-13,23-25H2,1H3,(H,26,32)(H,27,30)(H,28,31)(H,34,35)/t14-,15-,16-,17-/m0/s1. The molecule has 0 aromatic rings. The molecule has 10 N–H and O–H groups in total. The number of hydrogen-bond donors (Lipinski definition) is 7. The van der Waals surface area contributed by atoms with Crippen LogP contribution in [0.3, 0.4) is 0 Å². The van der Waals surface area contributed by atoms with E-state index in [1.54, 1.807) is 0 Å². The van der Waals surface area contributed by atoms with E-state index in [2.05, 4.69) is 16.0 Å². The monoisotopic (exact) mass is 499 g/mol. The summed E-state index contributed by atoms with van der Waals surface area (Å²) in [7, 11) is 0. The van der Waals surface area contributed by atoms with Crippen LogP contribution in [-0.4, -0.2) is 90.0 Å². The summed E-state index contributed by atoms with van der Waals surface area (Å²) >= 11 is 0. The first kappa shape index (κ1) is 30.3. The molecule has 0 unspecified atom stereocenters. The minimum atomic E-state index is -1.20. The number of carboxylic acids is 1. The van der Waals surface area contributed by atoms with Gasteiger partial charge in [-0.3, -0.25) is 24.0 Å². The number of aliphatic carboxylic acids is 1. The van der Waals surface area contributed by atoms with E-state index in [-0.39, 0.29) is 5.91 Å². The highest BCUT2D eigenvalue weighted by Crippen LogP contribution is 2.20. The maximum absolute atomic E-state index is 13.3. The molecule has 0 aliphatic carbocycles. The van der Waals surface area contributed by atoms with Gasteiger partial charge in [0.15, 0.2) is 0 Å². The number of carbonyl (C=O) groups is 5. The van der Waals surface area contributed by atoms with Gasteiger partial charge in [-0.15, -0.1) is 0 Å². The maximum Gasteiger partial charge on any atom is 0.325 e. The lowest BCUT2D eigenvalue weighted by Gasteiger charge is -2.29. The molecule has 0 aromatic carbocycles. The quantitative estimate of drug-likeness (QED) is 0.114. The number of rotatable bonds is 16. The second-order valence-electron chi connectivity index (χ2n) is 8.77. The summed E-state index contributed by atoms with van der Waals surface area (Å²) in [5, 5.41) is 16.3. The summed E-state index contributed by atoms with van der Waals surface area (Å²) in [4.78, 5) is 62.8. The highest BCUT2D eigenvalue weighted by atomic mass is 16.4. The molecule has 4 amide bonds. The number of hydrogen-bond acceptors (Lipinski definition) is 8. The molecule has 13 nitrogen and oxygen atoms in total. The normalized spacial score (nSPS) is 17.8. The number of nitrogens with two attached hydrogens (primary N) is 3. The van der Waals surface area contributed by atoms with E-state index in [1.165, 1.54) is 11.8 Å². The largest absolute Gasteiger partial charge is 0.480 e. The maximum atomic E-state index is 13.3. The van der Waals surface area contributed by atoms with Gasteiger partial charge in [-0.1, -0.05) is 6.42 Å². The average molecular weight is 500 g/mol. The lowest BCUT2D eigenvalue weighted by atomic mass is 10.0. The number of unbranched alkanes of at least 4 members (excludes halogenated alkanes) is 2. The van der Waals surface area contributed by atoms with Crippen molar-refractivity contribution in [3.05, 3.63) is 0 Å². The van der Waals surface area contributed by atoms with Crippen molar-refractivity contribution in [3.8, 4) is 0 Å². The molecule has 1 heterocycles. The Morgan fingerprint density at radius 1 is 1.00 bits per heavy atom. The van der Waals surface area contributed by atoms with Gasteiger partial charge in [0.1, 0.15) is 18.1 Å². The van der Waals surface area contributed by atoms with Crippen molar-refractivity contribution in [1.82, 2.24) is 20.9 Å². The van der Waals surface area contributed by atoms with Gasteiger partial charge in [0.05, 0.1) is 12.6 Å². The second kappa shape index (κ2) is 16.0. The van der Waals surface area contributed by atoms with E-state index in [4.69, 9.17) is 22.3 Å². The third kappa shape index (κ3) is 10.6. The first-order chi connectivity index (χ1) is 16.6. The predicted molar refractivity (Wildman–Crippen MR) is 129 cm³/mol. The molecule has 1 aliphatic heterocycles. The minimum Gasteiger partial charge on any atom is -0.480 e. The van der Waals surface area contributed by atoms with Crippen LogP contribution in [-0.2, 0) is 24.0 Å². The van der Waals surface area contributed by atoms with Crippen LogP contribution >= 0.6 is 0 Å². The number of carbonyl (C=O) groups excluding carboxylic acids is 4. The van der Waals surface area contributed by atoms with Crippen molar-refractivity contribution in [3.63, 3.8) is 0 Å². The van der Waals surface area contributed by atoms with Gasteiger partial charge in [0.25, 0.3) is 0 Å². The summed E-state index contributed by atoms with van der Waals surface area (Å²) in [6.45, 7) is 2.19. The van der Waals surface area contributed by atoms with Crippen molar-refractivity contribution < 1.29 is 29.1 Å². The Hall–Kier alpha value is -2.77.